The van der Waals surface area contributed by atoms with Gasteiger partial charge in [-0.25, -0.2) is 0 Å². The lowest BCUT2D eigenvalue weighted by atomic mass is 9.91. The minimum atomic E-state index is 0.657. The van der Waals surface area contributed by atoms with Gasteiger partial charge in [0.25, 0.3) is 0 Å². The van der Waals surface area contributed by atoms with Gasteiger partial charge in [0.15, 0.2) is 0 Å². The Kier molecular flexibility index (Phi) is 6.06. The molecular formula is C23H28O2. The van der Waals surface area contributed by atoms with E-state index in [9.17, 15) is 0 Å². The van der Waals surface area contributed by atoms with Gasteiger partial charge >= 0.3 is 0 Å². The molecule has 0 radical (unpaired) electrons. The second kappa shape index (κ2) is 8.46. The van der Waals surface area contributed by atoms with Gasteiger partial charge in [-0.1, -0.05) is 61.9 Å². The Labute approximate surface area is 150 Å². The summed E-state index contributed by atoms with van der Waals surface area (Å²) in [6, 6.07) is 15.4. The highest BCUT2D eigenvalue weighted by Gasteiger charge is 2.14. The molecule has 0 bridgehead atoms. The quantitative estimate of drug-likeness (QED) is 0.362. The van der Waals surface area contributed by atoms with Gasteiger partial charge in [-0.15, -0.1) is 0 Å². The lowest BCUT2D eigenvalue weighted by Gasteiger charge is -2.17. The van der Waals surface area contributed by atoms with Crippen molar-refractivity contribution in [2.45, 2.75) is 46.8 Å². The average Bonchev–Trinajstić information content (AvgIpc) is 2.63. The first-order valence-corrected chi connectivity index (χ1v) is 9.34. The molecule has 0 aliphatic rings. The van der Waals surface area contributed by atoms with Gasteiger partial charge in [0, 0.05) is 13.2 Å². The van der Waals surface area contributed by atoms with Crippen molar-refractivity contribution < 1.29 is 9.47 Å². The number of aryl methyl sites for hydroxylation is 1. The SMILES string of the molecule is CCCOCc1c2ccccc2c(COCCC)c2cc(C)ccc12. The number of benzene rings is 3. The van der Waals surface area contributed by atoms with Crippen molar-refractivity contribution in [1.29, 1.82) is 0 Å². The summed E-state index contributed by atoms with van der Waals surface area (Å²) in [7, 11) is 0. The Morgan fingerprint density at radius 1 is 0.680 bits per heavy atom. The number of hydrogen-bond acceptors (Lipinski definition) is 2. The van der Waals surface area contributed by atoms with Crippen LogP contribution in [0.15, 0.2) is 42.5 Å². The third kappa shape index (κ3) is 3.86. The molecule has 3 aromatic rings. The number of rotatable bonds is 8. The van der Waals surface area contributed by atoms with E-state index in [1.54, 1.807) is 0 Å². The molecule has 0 amide bonds. The largest absolute Gasteiger partial charge is 0.377 e. The summed E-state index contributed by atoms with van der Waals surface area (Å²) in [6.07, 6.45) is 2.08. The zero-order valence-corrected chi connectivity index (χ0v) is 15.6. The molecule has 3 rings (SSSR count). The third-order valence-electron chi connectivity index (χ3n) is 4.59. The zero-order valence-electron chi connectivity index (χ0n) is 15.6. The van der Waals surface area contributed by atoms with Crippen LogP contribution in [0.25, 0.3) is 21.5 Å². The van der Waals surface area contributed by atoms with Gasteiger partial charge in [-0.05, 0) is 52.4 Å². The molecule has 0 saturated carbocycles. The van der Waals surface area contributed by atoms with Crippen LogP contribution in [0.2, 0.25) is 0 Å². The van der Waals surface area contributed by atoms with E-state index in [2.05, 4.69) is 63.2 Å². The maximum atomic E-state index is 5.93. The molecule has 0 N–H and O–H groups in total. The van der Waals surface area contributed by atoms with Gasteiger partial charge < -0.3 is 9.47 Å². The summed E-state index contributed by atoms with van der Waals surface area (Å²) < 4.78 is 11.9. The highest BCUT2D eigenvalue weighted by atomic mass is 16.5. The van der Waals surface area contributed by atoms with Crippen molar-refractivity contribution in [2.75, 3.05) is 13.2 Å². The second-order valence-electron chi connectivity index (χ2n) is 6.66. The monoisotopic (exact) mass is 336 g/mol. The van der Waals surface area contributed by atoms with E-state index in [0.717, 1.165) is 26.1 Å². The smallest absolute Gasteiger partial charge is 0.0728 e. The molecular weight excluding hydrogens is 308 g/mol. The molecule has 132 valence electrons. The normalized spacial score (nSPS) is 11.5. The van der Waals surface area contributed by atoms with E-state index in [1.165, 1.54) is 38.2 Å². The lowest BCUT2D eigenvalue weighted by Crippen LogP contribution is -2.02. The Morgan fingerprint density at radius 3 is 1.76 bits per heavy atom. The van der Waals surface area contributed by atoms with E-state index >= 15 is 0 Å². The molecule has 0 saturated heterocycles. The van der Waals surface area contributed by atoms with E-state index in [4.69, 9.17) is 9.47 Å². The molecule has 0 aliphatic carbocycles. The number of ether oxygens (including phenoxy) is 2. The third-order valence-corrected chi connectivity index (χ3v) is 4.59. The van der Waals surface area contributed by atoms with Gasteiger partial charge in [-0.2, -0.15) is 0 Å². The predicted octanol–water partition coefficient (Wildman–Crippen LogP) is 6.15. The van der Waals surface area contributed by atoms with Gasteiger partial charge in [-0.3, -0.25) is 0 Å². The predicted molar refractivity (Wildman–Crippen MR) is 106 cm³/mol. The van der Waals surface area contributed by atoms with Crippen LogP contribution >= 0.6 is 0 Å². The summed E-state index contributed by atoms with van der Waals surface area (Å²) in [5.41, 5.74) is 3.86. The van der Waals surface area contributed by atoms with Crippen LogP contribution in [-0.2, 0) is 22.7 Å². The van der Waals surface area contributed by atoms with Crippen molar-refractivity contribution in [3.8, 4) is 0 Å². The fourth-order valence-electron chi connectivity index (χ4n) is 3.42. The molecule has 0 aromatic heterocycles. The van der Waals surface area contributed by atoms with E-state index < -0.39 is 0 Å². The van der Waals surface area contributed by atoms with Crippen molar-refractivity contribution >= 4 is 21.5 Å². The molecule has 3 aromatic carbocycles. The minimum Gasteiger partial charge on any atom is -0.377 e. The molecule has 0 aliphatic heterocycles. The van der Waals surface area contributed by atoms with E-state index in [-0.39, 0.29) is 0 Å². The fourth-order valence-corrected chi connectivity index (χ4v) is 3.42. The summed E-state index contributed by atoms with van der Waals surface area (Å²) >= 11 is 0. The van der Waals surface area contributed by atoms with Crippen molar-refractivity contribution in [3.05, 3.63) is 59.2 Å². The van der Waals surface area contributed by atoms with Crippen molar-refractivity contribution in [2.24, 2.45) is 0 Å². The molecule has 0 atom stereocenters. The molecule has 2 nitrogen and oxygen atoms in total. The molecule has 2 heteroatoms. The summed E-state index contributed by atoms with van der Waals surface area (Å²) in [5.74, 6) is 0. The Morgan fingerprint density at radius 2 is 1.20 bits per heavy atom. The van der Waals surface area contributed by atoms with Crippen LogP contribution < -0.4 is 0 Å². The van der Waals surface area contributed by atoms with Crippen molar-refractivity contribution in [1.82, 2.24) is 0 Å². The fraction of sp³-hybridized carbons (Fsp3) is 0.391. The van der Waals surface area contributed by atoms with Gasteiger partial charge in [0.2, 0.25) is 0 Å². The van der Waals surface area contributed by atoms with Crippen LogP contribution in [0.1, 0.15) is 43.4 Å². The number of hydrogen-bond donors (Lipinski definition) is 0. The first-order chi connectivity index (χ1) is 12.3. The standard InChI is InChI=1S/C23H28O2/c1-4-12-24-15-22-18-8-6-7-9-19(18)23(16-25-13-5-2)21-14-17(3)10-11-20(21)22/h6-11,14H,4-5,12-13,15-16H2,1-3H3. The Bertz CT molecular complexity index is 851. The minimum absolute atomic E-state index is 0.657. The summed E-state index contributed by atoms with van der Waals surface area (Å²) in [5, 5.41) is 5.15. The van der Waals surface area contributed by atoms with Crippen LogP contribution in [0, 0.1) is 6.92 Å². The molecule has 25 heavy (non-hydrogen) atoms. The van der Waals surface area contributed by atoms with Gasteiger partial charge in [0.1, 0.15) is 0 Å². The van der Waals surface area contributed by atoms with E-state index in [1.807, 2.05) is 0 Å². The van der Waals surface area contributed by atoms with Crippen LogP contribution in [-0.4, -0.2) is 13.2 Å². The Balaban J connectivity index is 2.21. The molecule has 0 fully saturated rings. The zero-order chi connectivity index (χ0) is 17.6. The second-order valence-corrected chi connectivity index (χ2v) is 6.66. The van der Waals surface area contributed by atoms with Crippen LogP contribution in [0.5, 0.6) is 0 Å². The first kappa shape index (κ1) is 17.9. The summed E-state index contributed by atoms with van der Waals surface area (Å²) in [6.45, 7) is 9.35. The van der Waals surface area contributed by atoms with Crippen LogP contribution in [0.3, 0.4) is 0 Å². The average molecular weight is 336 g/mol. The molecule has 0 spiro atoms. The van der Waals surface area contributed by atoms with E-state index in [0.29, 0.717) is 13.2 Å². The van der Waals surface area contributed by atoms with Crippen LogP contribution in [0.4, 0.5) is 0 Å². The molecule has 0 heterocycles. The maximum absolute atomic E-state index is 5.93. The highest BCUT2D eigenvalue weighted by molar-refractivity contribution is 6.05. The molecule has 0 unspecified atom stereocenters. The van der Waals surface area contributed by atoms with Gasteiger partial charge in [0.05, 0.1) is 13.2 Å². The maximum Gasteiger partial charge on any atom is 0.0728 e. The van der Waals surface area contributed by atoms with Crippen molar-refractivity contribution in [3.63, 3.8) is 0 Å². The Hall–Kier alpha value is -1.90. The lowest BCUT2D eigenvalue weighted by molar-refractivity contribution is 0.122. The first-order valence-electron chi connectivity index (χ1n) is 9.34. The highest BCUT2D eigenvalue weighted by Crippen LogP contribution is 2.34. The summed E-state index contributed by atoms with van der Waals surface area (Å²) in [4.78, 5) is 0. The topological polar surface area (TPSA) is 18.5 Å². The number of fused-ring (bicyclic) bond motifs is 2.